The molecule has 0 aromatic carbocycles. The van der Waals surface area contributed by atoms with Crippen molar-refractivity contribution in [2.24, 2.45) is 0 Å². The van der Waals surface area contributed by atoms with E-state index in [1.54, 1.807) is 21.3 Å². The van der Waals surface area contributed by atoms with Crippen LogP contribution in [-0.2, 0) is 14.2 Å². The number of hydrogen-bond acceptors (Lipinski definition) is 4. The van der Waals surface area contributed by atoms with Gasteiger partial charge in [-0.2, -0.15) is 0 Å². The normalized spacial score (nSPS) is 21.4. The van der Waals surface area contributed by atoms with Crippen LogP contribution < -0.4 is 5.32 Å². The topological polar surface area (TPSA) is 39.7 Å². The molecule has 4 nitrogen and oxygen atoms in total. The SMILES string of the molecule is COC(OC)C(C)NCC1(OC)CCC1. The summed E-state index contributed by atoms with van der Waals surface area (Å²) in [5, 5.41) is 3.40. The molecule has 0 heterocycles. The fourth-order valence-electron chi connectivity index (χ4n) is 1.97. The Morgan fingerprint density at radius 1 is 1.20 bits per heavy atom. The van der Waals surface area contributed by atoms with Gasteiger partial charge < -0.3 is 19.5 Å². The van der Waals surface area contributed by atoms with Crippen molar-refractivity contribution in [2.45, 2.75) is 44.1 Å². The number of methoxy groups -OCH3 is 3. The molecule has 1 N–H and O–H groups in total. The Kier molecular flexibility index (Phi) is 4.99. The van der Waals surface area contributed by atoms with Crippen molar-refractivity contribution in [3.8, 4) is 0 Å². The van der Waals surface area contributed by atoms with Crippen molar-refractivity contribution in [1.29, 1.82) is 0 Å². The lowest BCUT2D eigenvalue weighted by Gasteiger charge is -2.41. The second kappa shape index (κ2) is 5.80. The molecular formula is C11H23NO3. The van der Waals surface area contributed by atoms with Crippen LogP contribution in [0.2, 0.25) is 0 Å². The van der Waals surface area contributed by atoms with Crippen LogP contribution in [0.1, 0.15) is 26.2 Å². The van der Waals surface area contributed by atoms with E-state index in [2.05, 4.69) is 12.2 Å². The summed E-state index contributed by atoms with van der Waals surface area (Å²) in [6.45, 7) is 2.92. The highest BCUT2D eigenvalue weighted by molar-refractivity contribution is 4.92. The minimum absolute atomic E-state index is 0.0558. The number of nitrogens with one attached hydrogen (secondary N) is 1. The van der Waals surface area contributed by atoms with Crippen LogP contribution in [0.15, 0.2) is 0 Å². The van der Waals surface area contributed by atoms with E-state index in [1.807, 2.05) is 0 Å². The lowest BCUT2D eigenvalue weighted by molar-refractivity contribution is -0.127. The van der Waals surface area contributed by atoms with Crippen molar-refractivity contribution >= 4 is 0 Å². The molecule has 1 aliphatic rings. The molecule has 1 saturated carbocycles. The zero-order valence-corrected chi connectivity index (χ0v) is 10.2. The molecule has 1 unspecified atom stereocenters. The average molecular weight is 217 g/mol. The fraction of sp³-hybridized carbons (Fsp3) is 1.00. The second-order valence-electron chi connectivity index (χ2n) is 4.25. The maximum Gasteiger partial charge on any atom is 0.171 e. The van der Waals surface area contributed by atoms with Gasteiger partial charge in [0.15, 0.2) is 6.29 Å². The van der Waals surface area contributed by atoms with Crippen LogP contribution in [0.5, 0.6) is 0 Å². The van der Waals surface area contributed by atoms with Crippen LogP contribution in [0.4, 0.5) is 0 Å². The molecule has 90 valence electrons. The van der Waals surface area contributed by atoms with Crippen LogP contribution in [0, 0.1) is 0 Å². The van der Waals surface area contributed by atoms with E-state index in [-0.39, 0.29) is 17.9 Å². The highest BCUT2D eigenvalue weighted by atomic mass is 16.7. The lowest BCUT2D eigenvalue weighted by atomic mass is 9.80. The number of hydrogen-bond donors (Lipinski definition) is 1. The summed E-state index contributed by atoms with van der Waals surface area (Å²) in [6.07, 6.45) is 3.36. The van der Waals surface area contributed by atoms with Crippen molar-refractivity contribution in [3.63, 3.8) is 0 Å². The number of ether oxygens (including phenoxy) is 3. The zero-order chi connectivity index (χ0) is 11.3. The monoisotopic (exact) mass is 217 g/mol. The molecule has 1 fully saturated rings. The molecule has 0 aromatic heterocycles. The first-order valence-electron chi connectivity index (χ1n) is 5.51. The molecule has 1 rings (SSSR count). The van der Waals surface area contributed by atoms with E-state index in [9.17, 15) is 0 Å². The van der Waals surface area contributed by atoms with Gasteiger partial charge in [-0.05, 0) is 26.2 Å². The Bertz CT molecular complexity index is 173. The molecule has 0 radical (unpaired) electrons. The highest BCUT2D eigenvalue weighted by Gasteiger charge is 2.37. The van der Waals surface area contributed by atoms with E-state index >= 15 is 0 Å². The van der Waals surface area contributed by atoms with E-state index in [4.69, 9.17) is 14.2 Å². The van der Waals surface area contributed by atoms with Gasteiger partial charge >= 0.3 is 0 Å². The van der Waals surface area contributed by atoms with Crippen molar-refractivity contribution < 1.29 is 14.2 Å². The minimum Gasteiger partial charge on any atom is -0.377 e. The maximum absolute atomic E-state index is 5.53. The molecule has 0 amide bonds. The Morgan fingerprint density at radius 3 is 2.13 bits per heavy atom. The lowest BCUT2D eigenvalue weighted by Crippen LogP contribution is -2.52. The van der Waals surface area contributed by atoms with Crippen LogP contribution in [0.25, 0.3) is 0 Å². The van der Waals surface area contributed by atoms with Gasteiger partial charge in [-0.1, -0.05) is 0 Å². The Hall–Kier alpha value is -0.160. The fourth-order valence-corrected chi connectivity index (χ4v) is 1.97. The predicted molar refractivity (Wildman–Crippen MR) is 58.9 cm³/mol. The summed E-state index contributed by atoms with van der Waals surface area (Å²) < 4.78 is 15.9. The quantitative estimate of drug-likeness (QED) is 0.649. The van der Waals surface area contributed by atoms with Crippen LogP contribution in [-0.4, -0.2) is 45.8 Å². The molecule has 0 spiro atoms. The van der Waals surface area contributed by atoms with Gasteiger partial charge in [0.05, 0.1) is 11.6 Å². The first kappa shape index (κ1) is 12.9. The van der Waals surface area contributed by atoms with E-state index in [0.717, 1.165) is 19.4 Å². The van der Waals surface area contributed by atoms with E-state index < -0.39 is 0 Å². The van der Waals surface area contributed by atoms with Gasteiger partial charge in [-0.25, -0.2) is 0 Å². The zero-order valence-electron chi connectivity index (χ0n) is 10.2. The average Bonchev–Trinajstić information content (AvgIpc) is 2.19. The molecule has 15 heavy (non-hydrogen) atoms. The Labute approximate surface area is 92.3 Å². The highest BCUT2D eigenvalue weighted by Crippen LogP contribution is 2.34. The molecule has 1 aliphatic carbocycles. The summed E-state index contributed by atoms with van der Waals surface area (Å²) >= 11 is 0. The second-order valence-corrected chi connectivity index (χ2v) is 4.25. The van der Waals surface area contributed by atoms with Gasteiger partial charge in [0.25, 0.3) is 0 Å². The van der Waals surface area contributed by atoms with Gasteiger partial charge in [0.2, 0.25) is 0 Å². The smallest absolute Gasteiger partial charge is 0.171 e. The van der Waals surface area contributed by atoms with Gasteiger partial charge in [-0.15, -0.1) is 0 Å². The van der Waals surface area contributed by atoms with Crippen LogP contribution in [0.3, 0.4) is 0 Å². The summed E-state index contributed by atoms with van der Waals surface area (Å²) in [4.78, 5) is 0. The third-order valence-electron chi connectivity index (χ3n) is 3.32. The van der Waals surface area contributed by atoms with Crippen molar-refractivity contribution in [3.05, 3.63) is 0 Å². The first-order valence-corrected chi connectivity index (χ1v) is 5.51. The van der Waals surface area contributed by atoms with Gasteiger partial charge in [-0.3, -0.25) is 0 Å². The van der Waals surface area contributed by atoms with Gasteiger partial charge in [0, 0.05) is 27.9 Å². The molecule has 0 saturated heterocycles. The summed E-state index contributed by atoms with van der Waals surface area (Å²) in [6, 6.07) is 0.174. The molecule has 4 heteroatoms. The largest absolute Gasteiger partial charge is 0.377 e. The van der Waals surface area contributed by atoms with E-state index in [1.165, 1.54) is 6.42 Å². The first-order chi connectivity index (χ1) is 7.17. The third kappa shape index (κ3) is 3.14. The maximum atomic E-state index is 5.53. The van der Waals surface area contributed by atoms with E-state index in [0.29, 0.717) is 0 Å². The third-order valence-corrected chi connectivity index (χ3v) is 3.32. The molecular weight excluding hydrogens is 194 g/mol. The molecule has 0 aromatic rings. The summed E-state index contributed by atoms with van der Waals surface area (Å²) in [7, 11) is 5.10. The minimum atomic E-state index is -0.195. The Morgan fingerprint density at radius 2 is 1.80 bits per heavy atom. The molecule has 0 bridgehead atoms. The summed E-state index contributed by atoms with van der Waals surface area (Å²) in [5.41, 5.74) is 0.0558. The number of rotatable bonds is 7. The van der Waals surface area contributed by atoms with Gasteiger partial charge in [0.1, 0.15) is 0 Å². The predicted octanol–water partition coefficient (Wildman–Crippen LogP) is 1.15. The standard InChI is InChI=1S/C11H23NO3/c1-9(10(13-2)14-3)12-8-11(15-4)6-5-7-11/h9-10,12H,5-8H2,1-4H3. The van der Waals surface area contributed by atoms with Crippen molar-refractivity contribution in [1.82, 2.24) is 5.32 Å². The molecule has 1 atom stereocenters. The summed E-state index contributed by atoms with van der Waals surface area (Å²) in [5.74, 6) is 0. The van der Waals surface area contributed by atoms with Crippen LogP contribution >= 0.6 is 0 Å². The molecule has 0 aliphatic heterocycles. The Balaban J connectivity index is 2.29. The van der Waals surface area contributed by atoms with Crippen molar-refractivity contribution in [2.75, 3.05) is 27.9 Å².